The second-order valence-corrected chi connectivity index (χ2v) is 8.90. The Hall–Kier alpha value is -1.57. The number of hydrogen-bond acceptors (Lipinski definition) is 5. The fourth-order valence-electron chi connectivity index (χ4n) is 2.76. The van der Waals surface area contributed by atoms with Gasteiger partial charge in [-0.2, -0.15) is 0 Å². The van der Waals surface area contributed by atoms with Crippen LogP contribution < -0.4 is 9.04 Å². The molecule has 146 valence electrons. The molecule has 0 aliphatic carbocycles. The van der Waals surface area contributed by atoms with E-state index in [1.54, 1.807) is 24.3 Å². The van der Waals surface area contributed by atoms with Crippen LogP contribution in [-0.4, -0.2) is 65.6 Å². The lowest BCUT2D eigenvalue weighted by Crippen LogP contribution is -2.35. The highest BCUT2D eigenvalue weighted by Gasteiger charge is 2.19. The summed E-state index contributed by atoms with van der Waals surface area (Å²) in [7, 11) is -1.73. The average Bonchev–Trinajstić information content (AvgIpc) is 2.82. The van der Waals surface area contributed by atoms with Crippen LogP contribution in [0.5, 0.6) is 5.75 Å². The molecule has 1 atom stereocenters. The van der Waals surface area contributed by atoms with Crippen molar-refractivity contribution < 1.29 is 17.9 Å². The smallest absolute Gasteiger partial charge is 0.231 e. The van der Waals surface area contributed by atoms with Crippen molar-refractivity contribution in [3.8, 4) is 5.75 Å². The van der Waals surface area contributed by atoms with E-state index in [2.05, 4.69) is 18.4 Å². The highest BCUT2D eigenvalue weighted by Crippen LogP contribution is 2.20. The maximum absolute atomic E-state index is 11.6. The van der Waals surface area contributed by atoms with Gasteiger partial charge in [0.1, 0.15) is 18.5 Å². The second-order valence-electron chi connectivity index (χ2n) is 6.89. The zero-order valence-electron chi connectivity index (χ0n) is 16.0. The highest BCUT2D eigenvalue weighted by atomic mass is 32.2. The summed E-state index contributed by atoms with van der Waals surface area (Å²) in [6, 6.07) is 7.05. The van der Waals surface area contributed by atoms with E-state index >= 15 is 0 Å². The van der Waals surface area contributed by atoms with Gasteiger partial charge in [0.25, 0.3) is 0 Å². The minimum absolute atomic E-state index is 0.0287. The molecule has 0 spiro atoms. The molecule has 0 bridgehead atoms. The third-order valence-corrected chi connectivity index (χ3v) is 5.63. The first-order valence-corrected chi connectivity index (χ1v) is 10.8. The van der Waals surface area contributed by atoms with E-state index in [0.717, 1.165) is 39.1 Å². The van der Waals surface area contributed by atoms with Gasteiger partial charge < -0.3 is 14.4 Å². The zero-order chi connectivity index (χ0) is 19.2. The maximum Gasteiger partial charge on any atom is 0.231 e. The van der Waals surface area contributed by atoms with Crippen LogP contribution in [0.4, 0.5) is 5.69 Å². The molecular weight excluding hydrogens is 352 g/mol. The van der Waals surface area contributed by atoms with Crippen LogP contribution in [-0.2, 0) is 14.8 Å². The molecule has 0 amide bonds. The minimum Gasteiger partial charge on any atom is -0.491 e. The predicted molar refractivity (Wildman–Crippen MR) is 105 cm³/mol. The minimum atomic E-state index is -3.26. The van der Waals surface area contributed by atoms with Gasteiger partial charge in [0, 0.05) is 33.3 Å². The number of benzene rings is 1. The third-order valence-electron chi connectivity index (χ3n) is 4.42. The van der Waals surface area contributed by atoms with Gasteiger partial charge in [-0.05, 0) is 44.0 Å². The molecular formula is C19H30N2O4S. The van der Waals surface area contributed by atoms with Gasteiger partial charge in [0.15, 0.2) is 0 Å². The number of nitrogens with zero attached hydrogens (tertiary/aromatic N) is 2. The Kier molecular flexibility index (Phi) is 7.49. The van der Waals surface area contributed by atoms with E-state index in [4.69, 9.17) is 9.47 Å². The molecule has 1 aromatic carbocycles. The number of rotatable bonds is 8. The molecule has 0 radical (unpaired) electrons. The first kappa shape index (κ1) is 20.7. The van der Waals surface area contributed by atoms with Crippen LogP contribution >= 0.6 is 0 Å². The second kappa shape index (κ2) is 9.39. The monoisotopic (exact) mass is 382 g/mol. The third kappa shape index (κ3) is 6.63. The van der Waals surface area contributed by atoms with Crippen molar-refractivity contribution in [2.45, 2.75) is 25.9 Å². The van der Waals surface area contributed by atoms with Crippen molar-refractivity contribution in [2.24, 2.45) is 0 Å². The number of anilines is 1. The molecule has 7 heteroatoms. The van der Waals surface area contributed by atoms with Gasteiger partial charge in [-0.1, -0.05) is 5.57 Å². The Morgan fingerprint density at radius 1 is 1.38 bits per heavy atom. The van der Waals surface area contributed by atoms with Gasteiger partial charge in [-0.25, -0.2) is 8.42 Å². The molecule has 2 rings (SSSR count). The molecule has 1 saturated heterocycles. The van der Waals surface area contributed by atoms with E-state index in [0.29, 0.717) is 18.0 Å². The fraction of sp³-hybridized carbons (Fsp3) is 0.579. The summed E-state index contributed by atoms with van der Waals surface area (Å²) in [4.78, 5) is 2.40. The Balaban J connectivity index is 1.87. The molecule has 1 unspecified atom stereocenters. The number of ether oxygens (including phenoxy) is 2. The molecule has 0 N–H and O–H groups in total. The van der Waals surface area contributed by atoms with Crippen molar-refractivity contribution in [3.05, 3.63) is 36.4 Å². The van der Waals surface area contributed by atoms with Crippen molar-refractivity contribution in [1.82, 2.24) is 4.90 Å². The van der Waals surface area contributed by atoms with Crippen molar-refractivity contribution in [2.75, 3.05) is 50.5 Å². The van der Waals surface area contributed by atoms with Crippen LogP contribution in [0.1, 0.15) is 19.8 Å². The average molecular weight is 383 g/mol. The van der Waals surface area contributed by atoms with Crippen LogP contribution in [0.25, 0.3) is 0 Å². The van der Waals surface area contributed by atoms with Crippen LogP contribution in [0.15, 0.2) is 36.4 Å². The molecule has 26 heavy (non-hydrogen) atoms. The predicted octanol–water partition coefficient (Wildman–Crippen LogP) is 2.52. The van der Waals surface area contributed by atoms with Crippen molar-refractivity contribution in [1.29, 1.82) is 0 Å². The summed E-state index contributed by atoms with van der Waals surface area (Å²) in [5.41, 5.74) is 1.80. The van der Waals surface area contributed by atoms with Crippen LogP contribution in [0.2, 0.25) is 0 Å². The summed E-state index contributed by atoms with van der Waals surface area (Å²) in [6.45, 7) is 10.1. The van der Waals surface area contributed by atoms with Crippen molar-refractivity contribution >= 4 is 15.7 Å². The molecule has 1 heterocycles. The van der Waals surface area contributed by atoms with E-state index in [1.807, 2.05) is 0 Å². The highest BCUT2D eigenvalue weighted by molar-refractivity contribution is 7.92. The maximum atomic E-state index is 11.6. The molecule has 1 aliphatic rings. The number of hydrogen-bond donors (Lipinski definition) is 0. The molecule has 1 aromatic rings. The van der Waals surface area contributed by atoms with E-state index < -0.39 is 10.0 Å². The van der Waals surface area contributed by atoms with Crippen LogP contribution in [0.3, 0.4) is 0 Å². The lowest BCUT2D eigenvalue weighted by atomic mass is 10.2. The number of sulfonamides is 1. The Bertz CT molecular complexity index is 688. The van der Waals surface area contributed by atoms with Crippen LogP contribution in [0, 0.1) is 0 Å². The lowest BCUT2D eigenvalue weighted by Gasteiger charge is -2.24. The van der Waals surface area contributed by atoms with Gasteiger partial charge in [-0.3, -0.25) is 4.31 Å². The van der Waals surface area contributed by atoms with Gasteiger partial charge >= 0.3 is 0 Å². The standard InChI is InChI=1S/C19H30N2O4S/c1-16(2)10-12-21-11-5-13-24-19(14-21)15-25-18-8-6-17(7-9-18)20(3)26(4,22)23/h6-9,19H,1,5,10-15H2,2-4H3. The Morgan fingerprint density at radius 3 is 2.69 bits per heavy atom. The van der Waals surface area contributed by atoms with Gasteiger partial charge in [0.05, 0.1) is 11.9 Å². The van der Waals surface area contributed by atoms with Gasteiger partial charge in [0.2, 0.25) is 10.0 Å². The van der Waals surface area contributed by atoms with E-state index in [1.165, 1.54) is 23.2 Å². The normalized spacial score (nSPS) is 19.0. The summed E-state index contributed by atoms with van der Waals surface area (Å²) >= 11 is 0. The lowest BCUT2D eigenvalue weighted by molar-refractivity contribution is 0.0210. The Labute approximate surface area is 157 Å². The largest absolute Gasteiger partial charge is 0.491 e. The molecule has 0 saturated carbocycles. The van der Waals surface area contributed by atoms with E-state index in [9.17, 15) is 8.42 Å². The molecule has 1 fully saturated rings. The summed E-state index contributed by atoms with van der Waals surface area (Å²) < 4.78 is 36.1. The molecule has 0 aromatic heterocycles. The summed E-state index contributed by atoms with van der Waals surface area (Å²) in [5.74, 6) is 0.706. The summed E-state index contributed by atoms with van der Waals surface area (Å²) in [6.07, 6.45) is 3.24. The summed E-state index contributed by atoms with van der Waals surface area (Å²) in [5, 5.41) is 0. The van der Waals surface area contributed by atoms with Crippen molar-refractivity contribution in [3.63, 3.8) is 0 Å². The Morgan fingerprint density at radius 2 is 2.08 bits per heavy atom. The fourth-order valence-corrected chi connectivity index (χ4v) is 3.26. The molecule has 6 nitrogen and oxygen atoms in total. The topological polar surface area (TPSA) is 59.1 Å². The molecule has 1 aliphatic heterocycles. The first-order chi connectivity index (χ1) is 12.3. The zero-order valence-corrected chi connectivity index (χ0v) is 16.8. The SMILES string of the molecule is C=C(C)CCN1CCCOC(COc2ccc(N(C)S(C)(=O)=O)cc2)C1. The van der Waals surface area contributed by atoms with E-state index in [-0.39, 0.29) is 6.10 Å². The first-order valence-electron chi connectivity index (χ1n) is 8.91. The van der Waals surface area contributed by atoms with Gasteiger partial charge in [-0.15, -0.1) is 6.58 Å². The quantitative estimate of drug-likeness (QED) is 0.647.